The van der Waals surface area contributed by atoms with Gasteiger partial charge >= 0.3 is 0 Å². The second-order valence-electron chi connectivity index (χ2n) is 3.47. The second-order valence-corrected chi connectivity index (χ2v) is 3.88. The zero-order valence-corrected chi connectivity index (χ0v) is 10.3. The van der Waals surface area contributed by atoms with Gasteiger partial charge in [0.2, 0.25) is 0 Å². The van der Waals surface area contributed by atoms with Crippen molar-refractivity contribution in [2.45, 2.75) is 6.61 Å². The number of aldehydes is 1. The standard InChI is InChI=1S/C12H10ClNO4/c1-16-11-3-8(5-15)2-10(13)12(11)17-6-9-4-14-18-7-9/h2-5,7H,6H2,1H3. The van der Waals surface area contributed by atoms with E-state index in [1.807, 2.05) is 0 Å². The summed E-state index contributed by atoms with van der Waals surface area (Å²) in [6.45, 7) is 0.250. The van der Waals surface area contributed by atoms with Gasteiger partial charge in [0.05, 0.1) is 18.3 Å². The molecule has 0 bridgehead atoms. The van der Waals surface area contributed by atoms with E-state index in [0.29, 0.717) is 28.4 Å². The molecule has 6 heteroatoms. The first-order valence-corrected chi connectivity index (χ1v) is 5.46. The van der Waals surface area contributed by atoms with Crippen molar-refractivity contribution in [1.82, 2.24) is 5.16 Å². The number of aromatic nitrogens is 1. The number of nitrogens with zero attached hydrogens (tertiary/aromatic N) is 1. The molecule has 0 aliphatic carbocycles. The van der Waals surface area contributed by atoms with Crippen LogP contribution in [0.2, 0.25) is 5.02 Å². The van der Waals surface area contributed by atoms with E-state index >= 15 is 0 Å². The minimum atomic E-state index is 0.250. The van der Waals surface area contributed by atoms with Crippen LogP contribution in [0.25, 0.3) is 0 Å². The molecule has 1 aromatic heterocycles. The fourth-order valence-corrected chi connectivity index (χ4v) is 1.68. The molecular formula is C12H10ClNO4. The van der Waals surface area contributed by atoms with Gasteiger partial charge in [-0.2, -0.15) is 0 Å². The maximum Gasteiger partial charge on any atom is 0.180 e. The van der Waals surface area contributed by atoms with Crippen LogP contribution < -0.4 is 9.47 Å². The molecule has 94 valence electrons. The van der Waals surface area contributed by atoms with E-state index < -0.39 is 0 Å². The number of carbonyl (C=O) groups excluding carboxylic acids is 1. The summed E-state index contributed by atoms with van der Waals surface area (Å²) in [5.41, 5.74) is 1.20. The van der Waals surface area contributed by atoms with Crippen molar-refractivity contribution in [3.63, 3.8) is 0 Å². The van der Waals surface area contributed by atoms with E-state index in [0.717, 1.165) is 5.56 Å². The quantitative estimate of drug-likeness (QED) is 0.780. The van der Waals surface area contributed by atoms with Crippen molar-refractivity contribution in [2.24, 2.45) is 0 Å². The Hall–Kier alpha value is -2.01. The molecule has 0 N–H and O–H groups in total. The second kappa shape index (κ2) is 5.55. The van der Waals surface area contributed by atoms with Gasteiger partial charge in [-0.1, -0.05) is 16.8 Å². The molecule has 0 unspecified atom stereocenters. The van der Waals surface area contributed by atoms with E-state index in [1.54, 1.807) is 12.3 Å². The Bertz CT molecular complexity index is 539. The zero-order valence-electron chi connectivity index (χ0n) is 9.55. The largest absolute Gasteiger partial charge is 0.493 e. The van der Waals surface area contributed by atoms with Crippen LogP contribution in [0.3, 0.4) is 0 Å². The Morgan fingerprint density at radius 2 is 2.33 bits per heavy atom. The normalized spacial score (nSPS) is 10.1. The first kappa shape index (κ1) is 12.4. The van der Waals surface area contributed by atoms with Crippen molar-refractivity contribution < 1.29 is 18.8 Å². The number of halogens is 1. The highest BCUT2D eigenvalue weighted by Crippen LogP contribution is 2.36. The lowest BCUT2D eigenvalue weighted by atomic mass is 10.2. The molecule has 2 rings (SSSR count). The fourth-order valence-electron chi connectivity index (χ4n) is 1.40. The Kier molecular flexibility index (Phi) is 3.84. The SMILES string of the molecule is COc1cc(C=O)cc(Cl)c1OCc1cnoc1. The zero-order chi connectivity index (χ0) is 13.0. The van der Waals surface area contributed by atoms with Crippen LogP contribution in [0.15, 0.2) is 29.1 Å². The molecule has 1 aromatic carbocycles. The van der Waals surface area contributed by atoms with E-state index in [-0.39, 0.29) is 6.61 Å². The van der Waals surface area contributed by atoms with Gasteiger partial charge in [-0.15, -0.1) is 0 Å². The Balaban J connectivity index is 2.23. The monoisotopic (exact) mass is 267 g/mol. The molecule has 0 atom stereocenters. The van der Waals surface area contributed by atoms with E-state index in [4.69, 9.17) is 21.1 Å². The van der Waals surface area contributed by atoms with Gasteiger partial charge in [0.1, 0.15) is 19.2 Å². The third kappa shape index (κ3) is 2.62. The van der Waals surface area contributed by atoms with Gasteiger partial charge in [0, 0.05) is 11.1 Å². The minimum Gasteiger partial charge on any atom is -0.493 e. The third-order valence-corrected chi connectivity index (χ3v) is 2.54. The van der Waals surface area contributed by atoms with E-state index in [9.17, 15) is 4.79 Å². The fraction of sp³-hybridized carbons (Fsp3) is 0.167. The van der Waals surface area contributed by atoms with Crippen LogP contribution >= 0.6 is 11.6 Å². The average molecular weight is 268 g/mol. The third-order valence-electron chi connectivity index (χ3n) is 2.25. The Labute approximate surface area is 108 Å². The van der Waals surface area contributed by atoms with E-state index in [2.05, 4.69) is 9.68 Å². The average Bonchev–Trinajstić information content (AvgIpc) is 2.89. The number of rotatable bonds is 5. The lowest BCUT2D eigenvalue weighted by Gasteiger charge is -2.12. The van der Waals surface area contributed by atoms with Crippen LogP contribution in [0.5, 0.6) is 11.5 Å². The highest BCUT2D eigenvalue weighted by Gasteiger charge is 2.12. The molecular weight excluding hydrogens is 258 g/mol. The van der Waals surface area contributed by atoms with Crippen LogP contribution in [-0.2, 0) is 6.61 Å². The lowest BCUT2D eigenvalue weighted by Crippen LogP contribution is -1.98. The molecule has 18 heavy (non-hydrogen) atoms. The first-order valence-electron chi connectivity index (χ1n) is 5.08. The van der Waals surface area contributed by atoms with Gasteiger partial charge in [0.25, 0.3) is 0 Å². The van der Waals surface area contributed by atoms with E-state index in [1.165, 1.54) is 19.4 Å². The molecule has 2 aromatic rings. The first-order chi connectivity index (χ1) is 8.74. The molecule has 0 fully saturated rings. The highest BCUT2D eigenvalue weighted by molar-refractivity contribution is 6.32. The molecule has 0 aliphatic rings. The number of benzene rings is 1. The van der Waals surface area contributed by atoms with Crippen molar-refractivity contribution in [1.29, 1.82) is 0 Å². The summed E-state index contributed by atoms with van der Waals surface area (Å²) in [5.74, 6) is 0.784. The summed E-state index contributed by atoms with van der Waals surface area (Å²) in [6.07, 6.45) is 3.71. The van der Waals surface area contributed by atoms with Crippen LogP contribution in [0.4, 0.5) is 0 Å². The predicted octanol–water partition coefficient (Wildman–Crippen LogP) is 2.73. The minimum absolute atomic E-state index is 0.250. The number of methoxy groups -OCH3 is 1. The number of hydrogen-bond acceptors (Lipinski definition) is 5. The molecule has 0 radical (unpaired) electrons. The number of carbonyl (C=O) groups is 1. The van der Waals surface area contributed by atoms with Crippen LogP contribution in [0.1, 0.15) is 15.9 Å². The van der Waals surface area contributed by atoms with Crippen molar-refractivity contribution in [3.05, 3.63) is 40.7 Å². The Morgan fingerprint density at radius 1 is 1.50 bits per heavy atom. The van der Waals surface area contributed by atoms with Gasteiger partial charge in [-0.3, -0.25) is 4.79 Å². The van der Waals surface area contributed by atoms with Crippen molar-refractivity contribution in [2.75, 3.05) is 7.11 Å². The highest BCUT2D eigenvalue weighted by atomic mass is 35.5. The molecule has 1 heterocycles. The lowest BCUT2D eigenvalue weighted by molar-refractivity contribution is 0.112. The maximum atomic E-state index is 10.7. The molecule has 0 spiro atoms. The van der Waals surface area contributed by atoms with Crippen molar-refractivity contribution in [3.8, 4) is 11.5 Å². The van der Waals surface area contributed by atoms with Gasteiger partial charge < -0.3 is 14.0 Å². The number of hydrogen-bond donors (Lipinski definition) is 0. The van der Waals surface area contributed by atoms with Crippen molar-refractivity contribution >= 4 is 17.9 Å². The summed E-state index contributed by atoms with van der Waals surface area (Å²) in [6, 6.07) is 3.07. The van der Waals surface area contributed by atoms with Crippen LogP contribution in [0, 0.1) is 0 Å². The summed E-state index contributed by atoms with van der Waals surface area (Å²) in [5, 5.41) is 3.87. The number of ether oxygens (including phenoxy) is 2. The van der Waals surface area contributed by atoms with Gasteiger partial charge in [-0.25, -0.2) is 0 Å². The Morgan fingerprint density at radius 3 is 2.94 bits per heavy atom. The van der Waals surface area contributed by atoms with Gasteiger partial charge in [0.15, 0.2) is 11.5 Å². The molecule has 0 aliphatic heterocycles. The smallest absolute Gasteiger partial charge is 0.180 e. The molecule has 0 saturated heterocycles. The molecule has 5 nitrogen and oxygen atoms in total. The molecule has 0 saturated carbocycles. The van der Waals surface area contributed by atoms with Crippen LogP contribution in [-0.4, -0.2) is 18.6 Å². The summed E-state index contributed by atoms with van der Waals surface area (Å²) < 4.78 is 15.3. The summed E-state index contributed by atoms with van der Waals surface area (Å²) in [7, 11) is 1.48. The maximum absolute atomic E-state index is 10.7. The predicted molar refractivity (Wildman–Crippen MR) is 64.2 cm³/mol. The summed E-state index contributed by atoms with van der Waals surface area (Å²) in [4.78, 5) is 10.7. The molecule has 0 amide bonds. The van der Waals surface area contributed by atoms with Gasteiger partial charge in [-0.05, 0) is 12.1 Å². The summed E-state index contributed by atoms with van der Waals surface area (Å²) >= 11 is 6.03. The topological polar surface area (TPSA) is 61.6 Å².